The molecule has 0 atom stereocenters. The Morgan fingerprint density at radius 1 is 0.850 bits per heavy atom. The van der Waals surface area contributed by atoms with Gasteiger partial charge in [-0.25, -0.2) is 8.42 Å². The van der Waals surface area contributed by atoms with E-state index in [4.69, 9.17) is 4.98 Å². The van der Waals surface area contributed by atoms with Gasteiger partial charge in [0.2, 0.25) is 0 Å². The molecule has 4 rings (SSSR count). The molecule has 0 aliphatic heterocycles. The minimum atomic E-state index is -3.28. The highest BCUT2D eigenvalue weighted by Gasteiger charge is 2.24. The number of hydrogen-bond acceptors (Lipinski definition) is 5. The fourth-order valence-corrected chi connectivity index (χ4v) is 5.69. The molecule has 1 aromatic heterocycles. The van der Waals surface area contributed by atoms with E-state index >= 15 is 0 Å². The average molecular weight is 552 g/mol. The lowest BCUT2D eigenvalue weighted by molar-refractivity contribution is 0.602. The van der Waals surface area contributed by atoms with Gasteiger partial charge in [-0.3, -0.25) is 15.0 Å². The van der Waals surface area contributed by atoms with E-state index in [0.717, 1.165) is 38.7 Å². The Labute approximate surface area is 238 Å². The maximum atomic E-state index is 12.0. The third-order valence-corrected chi connectivity index (χ3v) is 8.28. The summed E-state index contributed by atoms with van der Waals surface area (Å²) in [5, 5.41) is 1.08. The summed E-state index contributed by atoms with van der Waals surface area (Å²) in [6, 6.07) is 24.0. The van der Waals surface area contributed by atoms with Crippen LogP contribution in [0.15, 0.2) is 93.9 Å². The number of pyridine rings is 1. The molecule has 0 amide bonds. The van der Waals surface area contributed by atoms with Gasteiger partial charge in [-0.2, -0.15) is 0 Å². The zero-order valence-corrected chi connectivity index (χ0v) is 25.1. The predicted molar refractivity (Wildman–Crippen MR) is 170 cm³/mol. The number of rotatable bonds is 8. The number of aromatic nitrogens is 1. The van der Waals surface area contributed by atoms with Crippen molar-refractivity contribution in [2.75, 3.05) is 20.4 Å². The van der Waals surface area contributed by atoms with Crippen molar-refractivity contribution in [1.29, 1.82) is 0 Å². The van der Waals surface area contributed by atoms with Crippen LogP contribution >= 0.6 is 0 Å². The molecule has 0 saturated carbocycles. The summed E-state index contributed by atoms with van der Waals surface area (Å²) < 4.78 is 24.1. The maximum absolute atomic E-state index is 12.0. The van der Waals surface area contributed by atoms with Crippen LogP contribution in [0.5, 0.6) is 0 Å². The molecular formula is C34H37N3O2S. The van der Waals surface area contributed by atoms with Gasteiger partial charge in [0.15, 0.2) is 9.84 Å². The summed E-state index contributed by atoms with van der Waals surface area (Å²) in [5.41, 5.74) is 6.63. The standard InChI is InChI=1S/C34H37N3O2S/c1-33(2,22-35-5)28-20-27-12-9-17-37-32(27)30(21-28)26-11-8-10-24(18-26)19-31(34(3,4)23-36-6)25-13-15-29(16-14-25)40(7,38)39/h8-23H,1-7H3/b31-19-,35-22?,36-23?. The summed E-state index contributed by atoms with van der Waals surface area (Å²) in [6.45, 7) is 8.55. The molecule has 0 saturated heterocycles. The average Bonchev–Trinajstić information content (AvgIpc) is 2.90. The van der Waals surface area contributed by atoms with Gasteiger partial charge < -0.3 is 0 Å². The second-order valence-corrected chi connectivity index (χ2v) is 13.3. The first kappa shape index (κ1) is 29.1. The van der Waals surface area contributed by atoms with E-state index in [-0.39, 0.29) is 5.41 Å². The van der Waals surface area contributed by atoms with Gasteiger partial charge in [0.25, 0.3) is 0 Å². The van der Waals surface area contributed by atoms with Crippen LogP contribution in [-0.2, 0) is 15.3 Å². The van der Waals surface area contributed by atoms with E-state index in [1.54, 1.807) is 26.2 Å². The Hall–Kier alpha value is -3.90. The van der Waals surface area contributed by atoms with E-state index in [0.29, 0.717) is 4.90 Å². The van der Waals surface area contributed by atoms with Crippen LogP contribution in [0.2, 0.25) is 0 Å². The van der Waals surface area contributed by atoms with Crippen LogP contribution in [0.3, 0.4) is 0 Å². The van der Waals surface area contributed by atoms with Crippen molar-refractivity contribution < 1.29 is 8.42 Å². The van der Waals surface area contributed by atoms with Gasteiger partial charge in [0.1, 0.15) is 0 Å². The number of benzene rings is 3. The van der Waals surface area contributed by atoms with Crippen LogP contribution in [0.4, 0.5) is 0 Å². The second-order valence-electron chi connectivity index (χ2n) is 11.3. The van der Waals surface area contributed by atoms with E-state index in [1.807, 2.05) is 36.8 Å². The van der Waals surface area contributed by atoms with Crippen LogP contribution in [0.25, 0.3) is 33.7 Å². The number of hydrogen-bond donors (Lipinski definition) is 0. The normalized spacial score (nSPS) is 13.5. The quantitative estimate of drug-likeness (QED) is 0.168. The molecule has 0 spiro atoms. The summed E-state index contributed by atoms with van der Waals surface area (Å²) in [6.07, 6.45) is 9.12. The zero-order chi connectivity index (χ0) is 29.1. The molecule has 40 heavy (non-hydrogen) atoms. The molecule has 3 aromatic carbocycles. The highest BCUT2D eigenvalue weighted by Crippen LogP contribution is 2.37. The third kappa shape index (κ3) is 6.28. The monoisotopic (exact) mass is 551 g/mol. The first-order valence-corrected chi connectivity index (χ1v) is 15.1. The highest BCUT2D eigenvalue weighted by atomic mass is 32.2. The molecule has 5 nitrogen and oxygen atoms in total. The lowest BCUT2D eigenvalue weighted by Gasteiger charge is -2.25. The number of fused-ring (bicyclic) bond motifs is 1. The van der Waals surface area contributed by atoms with E-state index in [2.05, 4.69) is 86.2 Å². The zero-order valence-electron chi connectivity index (χ0n) is 24.3. The Morgan fingerprint density at radius 2 is 1.55 bits per heavy atom. The molecule has 6 heteroatoms. The second kappa shape index (κ2) is 11.3. The molecule has 0 aliphatic rings. The molecule has 0 fully saturated rings. The predicted octanol–water partition coefficient (Wildman–Crippen LogP) is 7.55. The maximum Gasteiger partial charge on any atom is 0.175 e. The smallest absolute Gasteiger partial charge is 0.175 e. The van der Waals surface area contributed by atoms with Gasteiger partial charge in [-0.1, -0.05) is 70.2 Å². The van der Waals surface area contributed by atoms with E-state index in [9.17, 15) is 8.42 Å². The molecule has 0 bridgehead atoms. The number of nitrogens with zero attached hydrogens (tertiary/aromatic N) is 3. The largest absolute Gasteiger partial charge is 0.300 e. The van der Waals surface area contributed by atoms with Crippen LogP contribution < -0.4 is 0 Å². The first-order chi connectivity index (χ1) is 18.9. The number of allylic oxidation sites excluding steroid dienone is 1. The van der Waals surface area contributed by atoms with Crippen molar-refractivity contribution >= 4 is 44.8 Å². The summed E-state index contributed by atoms with van der Waals surface area (Å²) in [4.78, 5) is 13.7. The summed E-state index contributed by atoms with van der Waals surface area (Å²) in [7, 11) is 0.288. The van der Waals surface area contributed by atoms with Gasteiger partial charge in [0, 0.05) is 60.8 Å². The number of aliphatic imine (C=N–C) groups is 2. The SMILES string of the molecule is CN=CC(C)(C)/C(=C\c1cccc(-c2cc(C(C)(C)C=NC)cc3cccnc23)c1)c1ccc(S(C)(=O)=O)cc1. The van der Waals surface area contributed by atoms with Crippen molar-refractivity contribution in [3.8, 4) is 11.1 Å². The topological polar surface area (TPSA) is 71.8 Å². The van der Waals surface area contributed by atoms with Gasteiger partial charge >= 0.3 is 0 Å². The van der Waals surface area contributed by atoms with Crippen LogP contribution in [0, 0.1) is 5.41 Å². The van der Waals surface area contributed by atoms with Crippen molar-refractivity contribution in [3.63, 3.8) is 0 Å². The molecular weight excluding hydrogens is 514 g/mol. The summed E-state index contributed by atoms with van der Waals surface area (Å²) >= 11 is 0. The fourth-order valence-electron chi connectivity index (χ4n) is 5.06. The number of sulfone groups is 1. The Morgan fingerprint density at radius 3 is 2.20 bits per heavy atom. The van der Waals surface area contributed by atoms with Crippen LogP contribution in [0.1, 0.15) is 44.4 Å². The minimum absolute atomic E-state index is 0.236. The molecule has 0 radical (unpaired) electrons. The van der Waals surface area contributed by atoms with Crippen molar-refractivity contribution in [2.45, 2.75) is 38.0 Å². The molecule has 0 N–H and O–H groups in total. The Kier molecular flexibility index (Phi) is 8.22. The Balaban J connectivity index is 1.90. The molecule has 0 aliphatic carbocycles. The van der Waals surface area contributed by atoms with Crippen molar-refractivity contribution in [3.05, 3.63) is 95.7 Å². The third-order valence-electron chi connectivity index (χ3n) is 7.15. The van der Waals surface area contributed by atoms with Crippen molar-refractivity contribution in [1.82, 2.24) is 4.98 Å². The molecule has 1 heterocycles. The molecule has 4 aromatic rings. The van der Waals surface area contributed by atoms with E-state index in [1.165, 1.54) is 11.8 Å². The van der Waals surface area contributed by atoms with Crippen LogP contribution in [-0.4, -0.2) is 46.2 Å². The highest BCUT2D eigenvalue weighted by molar-refractivity contribution is 7.90. The molecule has 0 unspecified atom stereocenters. The first-order valence-electron chi connectivity index (χ1n) is 13.2. The van der Waals surface area contributed by atoms with Gasteiger partial charge in [-0.15, -0.1) is 0 Å². The lowest BCUT2D eigenvalue weighted by atomic mass is 9.80. The van der Waals surface area contributed by atoms with Gasteiger partial charge in [-0.05, 0) is 64.2 Å². The summed E-state index contributed by atoms with van der Waals surface area (Å²) in [5.74, 6) is 0. The van der Waals surface area contributed by atoms with Gasteiger partial charge in [0.05, 0.1) is 10.4 Å². The molecule has 206 valence electrons. The lowest BCUT2D eigenvalue weighted by Crippen LogP contribution is -2.19. The van der Waals surface area contributed by atoms with Crippen molar-refractivity contribution in [2.24, 2.45) is 15.4 Å². The fraction of sp³-hybridized carbons (Fsp3) is 0.265. The minimum Gasteiger partial charge on any atom is -0.300 e. The van der Waals surface area contributed by atoms with E-state index < -0.39 is 15.3 Å². The Bertz CT molecular complexity index is 1730.